The van der Waals surface area contributed by atoms with Gasteiger partial charge in [0.05, 0.1) is 11.3 Å². The molecule has 1 unspecified atom stereocenters. The van der Waals surface area contributed by atoms with E-state index in [0.717, 1.165) is 16.5 Å². The second kappa shape index (κ2) is 5.85. The van der Waals surface area contributed by atoms with Crippen molar-refractivity contribution >= 4 is 36.5 Å². The Morgan fingerprint density at radius 3 is 2.82 bits per heavy atom. The minimum Gasteiger partial charge on any atom is -0.338 e. The third-order valence-corrected chi connectivity index (χ3v) is 5.05. The maximum absolute atomic E-state index is 12.1. The van der Waals surface area contributed by atoms with E-state index in [1.807, 2.05) is 30.3 Å². The number of aromatic nitrogens is 1. The van der Waals surface area contributed by atoms with Gasteiger partial charge in [-0.1, -0.05) is 24.3 Å². The van der Waals surface area contributed by atoms with Gasteiger partial charge in [-0.3, -0.25) is 9.78 Å². The molecule has 1 aromatic carbocycles. The predicted molar refractivity (Wildman–Crippen MR) is 84.9 cm³/mol. The van der Waals surface area contributed by atoms with Crippen molar-refractivity contribution < 1.29 is 13.2 Å². The Labute approximate surface area is 133 Å². The third kappa shape index (κ3) is 3.39. The number of halogens is 1. The first-order valence-corrected chi connectivity index (χ1v) is 9.43. The summed E-state index contributed by atoms with van der Waals surface area (Å²) in [5.41, 5.74) is 1.83. The van der Waals surface area contributed by atoms with Crippen LogP contribution >= 0.6 is 10.7 Å². The lowest BCUT2D eigenvalue weighted by atomic mass is 10.1. The second-order valence-corrected chi connectivity index (χ2v) is 8.36. The van der Waals surface area contributed by atoms with E-state index in [4.69, 9.17) is 10.7 Å². The Hall–Kier alpha value is -1.66. The molecule has 2 aromatic rings. The normalized spacial score (nSPS) is 19.0. The van der Waals surface area contributed by atoms with E-state index in [0.29, 0.717) is 13.1 Å². The number of rotatable bonds is 4. The van der Waals surface area contributed by atoms with Crippen molar-refractivity contribution in [2.45, 2.75) is 13.0 Å². The summed E-state index contributed by atoms with van der Waals surface area (Å²) < 4.78 is 22.3. The van der Waals surface area contributed by atoms with Gasteiger partial charge in [-0.05, 0) is 11.6 Å². The minimum absolute atomic E-state index is 0.0433. The van der Waals surface area contributed by atoms with Crippen LogP contribution in [0.3, 0.4) is 0 Å². The highest BCUT2D eigenvalue weighted by molar-refractivity contribution is 8.13. The van der Waals surface area contributed by atoms with Crippen molar-refractivity contribution in [3.8, 4) is 0 Å². The number of amides is 1. The zero-order valence-corrected chi connectivity index (χ0v) is 13.3. The monoisotopic (exact) mass is 338 g/mol. The number of fused-ring (bicyclic) bond motifs is 1. The highest BCUT2D eigenvalue weighted by Crippen LogP contribution is 2.24. The Morgan fingerprint density at radius 1 is 1.27 bits per heavy atom. The molecule has 7 heteroatoms. The van der Waals surface area contributed by atoms with Gasteiger partial charge in [-0.15, -0.1) is 0 Å². The summed E-state index contributed by atoms with van der Waals surface area (Å²) in [6.45, 7) is 0.847. The van der Waals surface area contributed by atoms with E-state index < -0.39 is 9.05 Å². The summed E-state index contributed by atoms with van der Waals surface area (Å²) in [7, 11) is 1.70. The predicted octanol–water partition coefficient (Wildman–Crippen LogP) is 2.15. The lowest BCUT2D eigenvalue weighted by Gasteiger charge is -2.17. The van der Waals surface area contributed by atoms with E-state index in [1.54, 1.807) is 11.1 Å². The maximum Gasteiger partial charge on any atom is 0.232 e. The Balaban J connectivity index is 1.79. The molecule has 1 aliphatic rings. The first kappa shape index (κ1) is 15.2. The fourth-order valence-electron chi connectivity index (χ4n) is 2.90. The number of carbonyl (C=O) groups excluding carboxylic acids is 1. The SMILES string of the molecule is O=C1CC(CS(=O)(=O)Cl)CN1Cc1cccc2cccnc12. The zero-order chi connectivity index (χ0) is 15.7. The summed E-state index contributed by atoms with van der Waals surface area (Å²) >= 11 is 0. The van der Waals surface area contributed by atoms with Gasteiger partial charge in [0.15, 0.2) is 0 Å². The Kier molecular flexibility index (Phi) is 4.06. The molecule has 1 aromatic heterocycles. The van der Waals surface area contributed by atoms with Crippen LogP contribution in [-0.2, 0) is 20.4 Å². The van der Waals surface area contributed by atoms with Crippen LogP contribution in [0, 0.1) is 5.92 Å². The summed E-state index contributed by atoms with van der Waals surface area (Å²) in [6.07, 6.45) is 1.95. The van der Waals surface area contributed by atoms with Crippen molar-refractivity contribution in [3.05, 3.63) is 42.1 Å². The summed E-state index contributed by atoms with van der Waals surface area (Å²) in [4.78, 5) is 18.1. The van der Waals surface area contributed by atoms with Crippen LogP contribution in [0.1, 0.15) is 12.0 Å². The molecule has 2 heterocycles. The van der Waals surface area contributed by atoms with E-state index in [2.05, 4.69) is 4.98 Å². The molecule has 1 atom stereocenters. The smallest absolute Gasteiger partial charge is 0.232 e. The highest BCUT2D eigenvalue weighted by Gasteiger charge is 2.32. The number of pyridine rings is 1. The first-order chi connectivity index (χ1) is 10.4. The van der Waals surface area contributed by atoms with Crippen LogP contribution in [0.4, 0.5) is 0 Å². The maximum atomic E-state index is 12.1. The number of nitrogens with zero attached hydrogens (tertiary/aromatic N) is 2. The van der Waals surface area contributed by atoms with Crippen LogP contribution in [0.25, 0.3) is 10.9 Å². The van der Waals surface area contributed by atoms with Crippen molar-refractivity contribution in [2.24, 2.45) is 5.92 Å². The minimum atomic E-state index is -3.58. The lowest BCUT2D eigenvalue weighted by molar-refractivity contribution is -0.128. The Bertz CT molecular complexity index is 817. The molecule has 0 radical (unpaired) electrons. The molecule has 0 aliphatic carbocycles. The van der Waals surface area contributed by atoms with E-state index in [-0.39, 0.29) is 24.0 Å². The number of para-hydroxylation sites is 1. The number of carbonyl (C=O) groups is 1. The van der Waals surface area contributed by atoms with Gasteiger partial charge in [0.2, 0.25) is 15.0 Å². The molecule has 1 amide bonds. The van der Waals surface area contributed by atoms with Crippen LogP contribution < -0.4 is 0 Å². The van der Waals surface area contributed by atoms with Crippen molar-refractivity contribution in [1.82, 2.24) is 9.88 Å². The molecule has 0 bridgehead atoms. The van der Waals surface area contributed by atoms with Crippen molar-refractivity contribution in [1.29, 1.82) is 0 Å². The van der Waals surface area contributed by atoms with Crippen LogP contribution in [0.5, 0.6) is 0 Å². The van der Waals surface area contributed by atoms with Gasteiger partial charge in [0.1, 0.15) is 0 Å². The van der Waals surface area contributed by atoms with Gasteiger partial charge in [-0.2, -0.15) is 0 Å². The molecule has 22 heavy (non-hydrogen) atoms. The molecule has 0 N–H and O–H groups in total. The average molecular weight is 339 g/mol. The molecular formula is C15H15ClN2O3S. The number of likely N-dealkylation sites (tertiary alicyclic amines) is 1. The van der Waals surface area contributed by atoms with Gasteiger partial charge in [-0.25, -0.2) is 8.42 Å². The Morgan fingerprint density at radius 2 is 2.05 bits per heavy atom. The van der Waals surface area contributed by atoms with Crippen molar-refractivity contribution in [2.75, 3.05) is 12.3 Å². The molecule has 0 spiro atoms. The van der Waals surface area contributed by atoms with Gasteiger partial charge < -0.3 is 4.90 Å². The quantitative estimate of drug-likeness (QED) is 0.801. The molecule has 1 saturated heterocycles. The molecule has 3 rings (SSSR count). The highest BCUT2D eigenvalue weighted by atomic mass is 35.7. The summed E-state index contributed by atoms with van der Waals surface area (Å²) in [5, 5.41) is 1.02. The fraction of sp³-hybridized carbons (Fsp3) is 0.333. The van der Waals surface area contributed by atoms with Crippen LogP contribution in [-0.4, -0.2) is 36.5 Å². The fourth-order valence-corrected chi connectivity index (χ4v) is 4.22. The molecule has 116 valence electrons. The molecular weight excluding hydrogens is 324 g/mol. The second-order valence-electron chi connectivity index (χ2n) is 5.54. The van der Waals surface area contributed by atoms with Crippen LogP contribution in [0.2, 0.25) is 0 Å². The lowest BCUT2D eigenvalue weighted by Crippen LogP contribution is -2.25. The van der Waals surface area contributed by atoms with Gasteiger partial charge in [0.25, 0.3) is 0 Å². The number of hydrogen-bond acceptors (Lipinski definition) is 4. The molecule has 1 fully saturated rings. The van der Waals surface area contributed by atoms with E-state index in [9.17, 15) is 13.2 Å². The van der Waals surface area contributed by atoms with E-state index in [1.165, 1.54) is 0 Å². The first-order valence-electron chi connectivity index (χ1n) is 6.95. The van der Waals surface area contributed by atoms with Crippen molar-refractivity contribution in [3.63, 3.8) is 0 Å². The molecule has 5 nitrogen and oxygen atoms in total. The summed E-state index contributed by atoms with van der Waals surface area (Å²) in [6, 6.07) is 9.68. The van der Waals surface area contributed by atoms with E-state index >= 15 is 0 Å². The van der Waals surface area contributed by atoms with Crippen LogP contribution in [0.15, 0.2) is 36.5 Å². The number of hydrogen-bond donors (Lipinski definition) is 0. The third-order valence-electron chi connectivity index (χ3n) is 3.81. The molecule has 0 saturated carbocycles. The summed E-state index contributed by atoms with van der Waals surface area (Å²) in [5.74, 6) is -0.443. The van der Waals surface area contributed by atoms with Gasteiger partial charge >= 0.3 is 0 Å². The topological polar surface area (TPSA) is 67.3 Å². The zero-order valence-electron chi connectivity index (χ0n) is 11.8. The molecule has 1 aliphatic heterocycles. The standard InChI is InChI=1S/C15H15ClN2O3S/c16-22(20,21)10-11-7-14(19)18(8-11)9-13-4-1-3-12-5-2-6-17-15(12)13/h1-6,11H,7-10H2. The average Bonchev–Trinajstić information content (AvgIpc) is 2.77. The largest absolute Gasteiger partial charge is 0.338 e. The van der Waals surface area contributed by atoms with Gasteiger partial charge in [0, 0.05) is 47.7 Å². The number of benzene rings is 1.